The van der Waals surface area contributed by atoms with Crippen LogP contribution in [0, 0.1) is 13.8 Å². The summed E-state index contributed by atoms with van der Waals surface area (Å²) in [5.74, 6) is 0.357. The molecule has 0 unspecified atom stereocenters. The quantitative estimate of drug-likeness (QED) is 0.893. The minimum atomic E-state index is -0.200. The summed E-state index contributed by atoms with van der Waals surface area (Å²) in [4.78, 5) is 12.1. The molecule has 112 valence electrons. The molecule has 0 saturated carbocycles. The number of aromatic nitrogens is 2. The topological polar surface area (TPSA) is 56.1 Å². The van der Waals surface area contributed by atoms with Crippen LogP contribution < -0.4 is 10.1 Å². The Balaban J connectivity index is 2.15. The van der Waals surface area contributed by atoms with Gasteiger partial charge in [0.1, 0.15) is 12.3 Å². The van der Waals surface area contributed by atoms with E-state index in [0.29, 0.717) is 16.5 Å². The number of aryl methyl sites for hydroxylation is 1. The highest BCUT2D eigenvalue weighted by atomic mass is 79.9. The van der Waals surface area contributed by atoms with Crippen LogP contribution in [0.2, 0.25) is 5.02 Å². The first-order chi connectivity index (χ1) is 9.92. The zero-order valence-electron chi connectivity index (χ0n) is 11.9. The lowest BCUT2D eigenvalue weighted by atomic mass is 10.3. The average Bonchev–Trinajstić information content (AvgIpc) is 2.66. The van der Waals surface area contributed by atoms with Gasteiger partial charge in [0.05, 0.1) is 28.7 Å². The normalized spacial score (nSPS) is 10.5. The Morgan fingerprint density at radius 2 is 2.19 bits per heavy atom. The highest BCUT2D eigenvalue weighted by Crippen LogP contribution is 2.27. The number of hydrogen-bond donors (Lipinski definition) is 1. The van der Waals surface area contributed by atoms with E-state index in [2.05, 4.69) is 26.3 Å². The van der Waals surface area contributed by atoms with Gasteiger partial charge in [0.2, 0.25) is 5.91 Å². The van der Waals surface area contributed by atoms with Gasteiger partial charge in [-0.2, -0.15) is 5.10 Å². The molecule has 2 rings (SSSR count). The number of methoxy groups -OCH3 is 1. The predicted molar refractivity (Wildman–Crippen MR) is 86.0 cm³/mol. The molecule has 1 aromatic carbocycles. The first-order valence-corrected chi connectivity index (χ1v) is 7.42. The van der Waals surface area contributed by atoms with Crippen LogP contribution in [0.1, 0.15) is 11.4 Å². The van der Waals surface area contributed by atoms with E-state index in [-0.39, 0.29) is 12.5 Å². The second-order valence-corrected chi connectivity index (χ2v) is 5.76. The highest BCUT2D eigenvalue weighted by Gasteiger charge is 2.13. The first-order valence-electron chi connectivity index (χ1n) is 6.25. The van der Waals surface area contributed by atoms with Gasteiger partial charge in [-0.05, 0) is 48.0 Å². The van der Waals surface area contributed by atoms with Crippen LogP contribution in [0.25, 0.3) is 0 Å². The Morgan fingerprint density at radius 3 is 2.76 bits per heavy atom. The van der Waals surface area contributed by atoms with Gasteiger partial charge in [0.25, 0.3) is 0 Å². The molecule has 0 atom stereocenters. The van der Waals surface area contributed by atoms with Gasteiger partial charge in [0.15, 0.2) is 0 Å². The minimum Gasteiger partial charge on any atom is -0.495 e. The van der Waals surface area contributed by atoms with Crippen LogP contribution in [0.15, 0.2) is 22.7 Å². The third-order valence-electron chi connectivity index (χ3n) is 3.02. The summed E-state index contributed by atoms with van der Waals surface area (Å²) in [5.41, 5.74) is 2.29. The number of nitrogens with zero attached hydrogens (tertiary/aromatic N) is 2. The molecule has 5 nitrogen and oxygen atoms in total. The standard InChI is InChI=1S/C14H15BrClN3O2/c1-8-14(15)9(2)19(18-8)7-13(20)17-11-6-10(16)4-5-12(11)21-3/h4-6H,7H2,1-3H3,(H,17,20). The van der Waals surface area contributed by atoms with Crippen molar-refractivity contribution < 1.29 is 9.53 Å². The Bertz CT molecular complexity index is 685. The maximum Gasteiger partial charge on any atom is 0.246 e. The molecule has 0 bridgehead atoms. The third kappa shape index (κ3) is 3.57. The SMILES string of the molecule is COc1ccc(Cl)cc1NC(=O)Cn1nc(C)c(Br)c1C. The van der Waals surface area contributed by atoms with Gasteiger partial charge in [0, 0.05) is 5.02 Å². The lowest BCUT2D eigenvalue weighted by Crippen LogP contribution is -2.20. The molecule has 7 heteroatoms. The van der Waals surface area contributed by atoms with Crippen LogP contribution in [-0.2, 0) is 11.3 Å². The van der Waals surface area contributed by atoms with Gasteiger partial charge < -0.3 is 10.1 Å². The number of carbonyl (C=O) groups excluding carboxylic acids is 1. The van der Waals surface area contributed by atoms with E-state index in [1.807, 2.05) is 13.8 Å². The predicted octanol–water partition coefficient (Wildman–Crippen LogP) is 3.56. The molecule has 0 fully saturated rings. The number of rotatable bonds is 4. The molecule has 0 saturated heterocycles. The minimum absolute atomic E-state index is 0.119. The molecule has 0 spiro atoms. The largest absolute Gasteiger partial charge is 0.495 e. The van der Waals surface area contributed by atoms with Crippen molar-refractivity contribution in [1.82, 2.24) is 9.78 Å². The number of amides is 1. The van der Waals surface area contributed by atoms with Crippen molar-refractivity contribution >= 4 is 39.1 Å². The highest BCUT2D eigenvalue weighted by molar-refractivity contribution is 9.10. The molecular formula is C14H15BrClN3O2. The molecule has 0 aliphatic carbocycles. The van der Waals surface area contributed by atoms with Crippen molar-refractivity contribution in [2.45, 2.75) is 20.4 Å². The fraction of sp³-hybridized carbons (Fsp3) is 0.286. The lowest BCUT2D eigenvalue weighted by Gasteiger charge is -2.11. The second-order valence-electron chi connectivity index (χ2n) is 4.54. The summed E-state index contributed by atoms with van der Waals surface area (Å²) in [6.45, 7) is 3.90. The van der Waals surface area contributed by atoms with Crippen LogP contribution in [0.5, 0.6) is 5.75 Å². The zero-order valence-corrected chi connectivity index (χ0v) is 14.2. The summed E-state index contributed by atoms with van der Waals surface area (Å²) in [5, 5.41) is 7.61. The number of ether oxygens (including phenoxy) is 1. The monoisotopic (exact) mass is 371 g/mol. The van der Waals surface area contributed by atoms with Crippen molar-refractivity contribution in [3.63, 3.8) is 0 Å². The van der Waals surface area contributed by atoms with Crippen molar-refractivity contribution in [2.75, 3.05) is 12.4 Å². The maximum absolute atomic E-state index is 12.1. The van der Waals surface area contributed by atoms with Crippen molar-refractivity contribution in [3.05, 3.63) is 39.1 Å². The van der Waals surface area contributed by atoms with E-state index >= 15 is 0 Å². The Morgan fingerprint density at radius 1 is 1.48 bits per heavy atom. The van der Waals surface area contributed by atoms with Crippen molar-refractivity contribution in [3.8, 4) is 5.75 Å². The van der Waals surface area contributed by atoms with Crippen LogP contribution in [-0.4, -0.2) is 22.8 Å². The maximum atomic E-state index is 12.1. The fourth-order valence-electron chi connectivity index (χ4n) is 1.93. The first kappa shape index (κ1) is 15.9. The number of benzene rings is 1. The summed E-state index contributed by atoms with van der Waals surface area (Å²) in [6, 6.07) is 5.06. The number of hydrogen-bond acceptors (Lipinski definition) is 3. The molecule has 0 radical (unpaired) electrons. The van der Waals surface area contributed by atoms with Gasteiger partial charge in [-0.1, -0.05) is 11.6 Å². The summed E-state index contributed by atoms with van der Waals surface area (Å²) >= 11 is 9.37. The van der Waals surface area contributed by atoms with E-state index in [1.165, 1.54) is 7.11 Å². The molecule has 0 aliphatic heterocycles. The number of nitrogens with one attached hydrogen (secondary N) is 1. The van der Waals surface area contributed by atoms with E-state index < -0.39 is 0 Å². The summed E-state index contributed by atoms with van der Waals surface area (Å²) < 4.78 is 7.75. The van der Waals surface area contributed by atoms with Gasteiger partial charge in [-0.3, -0.25) is 9.48 Å². The van der Waals surface area contributed by atoms with Gasteiger partial charge >= 0.3 is 0 Å². The molecule has 21 heavy (non-hydrogen) atoms. The summed E-state index contributed by atoms with van der Waals surface area (Å²) in [7, 11) is 1.54. The van der Waals surface area contributed by atoms with E-state index in [4.69, 9.17) is 16.3 Å². The zero-order chi connectivity index (χ0) is 15.6. The molecule has 1 aromatic heterocycles. The van der Waals surface area contributed by atoms with E-state index in [0.717, 1.165) is 15.9 Å². The van der Waals surface area contributed by atoms with Crippen molar-refractivity contribution in [1.29, 1.82) is 0 Å². The van der Waals surface area contributed by atoms with E-state index in [9.17, 15) is 4.79 Å². The average molecular weight is 373 g/mol. The molecule has 0 aliphatic rings. The van der Waals surface area contributed by atoms with Gasteiger partial charge in [-0.15, -0.1) is 0 Å². The Hall–Kier alpha value is -1.53. The van der Waals surface area contributed by atoms with Crippen LogP contribution in [0.3, 0.4) is 0 Å². The van der Waals surface area contributed by atoms with Gasteiger partial charge in [-0.25, -0.2) is 0 Å². The van der Waals surface area contributed by atoms with E-state index in [1.54, 1.807) is 22.9 Å². The fourth-order valence-corrected chi connectivity index (χ4v) is 2.39. The molecule has 1 heterocycles. The summed E-state index contributed by atoms with van der Waals surface area (Å²) in [6.07, 6.45) is 0. The molecule has 2 aromatic rings. The third-order valence-corrected chi connectivity index (χ3v) is 4.40. The Kier molecular flexibility index (Phi) is 4.90. The molecule has 1 amide bonds. The van der Waals surface area contributed by atoms with Crippen LogP contribution in [0.4, 0.5) is 5.69 Å². The smallest absolute Gasteiger partial charge is 0.246 e. The number of halogens is 2. The van der Waals surface area contributed by atoms with Crippen molar-refractivity contribution in [2.24, 2.45) is 0 Å². The molecular weight excluding hydrogens is 358 g/mol. The lowest BCUT2D eigenvalue weighted by molar-refractivity contribution is -0.116. The Labute approximate surface area is 136 Å². The number of anilines is 1. The number of carbonyl (C=O) groups is 1. The second kappa shape index (κ2) is 6.49. The van der Waals surface area contributed by atoms with Crippen LogP contribution >= 0.6 is 27.5 Å². The molecule has 1 N–H and O–H groups in total.